The van der Waals surface area contributed by atoms with Gasteiger partial charge in [-0.2, -0.15) is 0 Å². The highest BCUT2D eigenvalue weighted by Crippen LogP contribution is 2.49. The number of carbonyl (C=O) groups is 4. The number of nitrogens with one attached hydrogen (secondary N) is 1. The van der Waals surface area contributed by atoms with E-state index in [9.17, 15) is 19.2 Å². The van der Waals surface area contributed by atoms with Gasteiger partial charge in [-0.15, -0.1) is 11.8 Å². The number of esters is 1. The molecule has 0 heterocycles. The SMILES string of the molecule is CC(=O)CC[C@@H](CSC(c1ccccc1)(c1ccccc1)c1ccccc1)NC(=O)C(C)(C)[C@H](C[C@H](C)CC(OC(=O)C1CCCC1)C(C)(C)C)OC(=O)OCC(Cl)(Cl)Cl. The van der Waals surface area contributed by atoms with E-state index in [4.69, 9.17) is 49.0 Å². The van der Waals surface area contributed by atoms with Crippen LogP contribution in [0.1, 0.15) is 117 Å². The molecule has 12 heteroatoms. The standard InChI is InChI=1S/C48H62Cl3NO7S/c1-33(29-40(45(3,4)5)58-42(54)35-19-17-18-20-35)30-41(59-44(56)57-32-47(49,50)51)46(6,7)43(55)52-39(28-27-34(2)53)31-60-48(36-21-11-8-12-22-36,37-23-13-9-14-24-37)38-25-15-10-16-26-38/h8-16,21-26,33,35,39-41H,17-20,27-32H2,1-7H3,(H,52,55)/t33-,39+,40?,41+/m1/s1. The quantitative estimate of drug-likeness (QED) is 0.0678. The van der Waals surface area contributed by atoms with Gasteiger partial charge < -0.3 is 24.3 Å². The molecule has 1 fully saturated rings. The van der Waals surface area contributed by atoms with Crippen molar-refractivity contribution in [3.8, 4) is 0 Å². The number of halogens is 3. The molecule has 0 saturated heterocycles. The van der Waals surface area contributed by atoms with Gasteiger partial charge in [-0.3, -0.25) is 9.59 Å². The Balaban J connectivity index is 1.64. The zero-order chi connectivity index (χ0) is 44.1. The molecule has 1 amide bonds. The Labute approximate surface area is 376 Å². The Kier molecular flexibility index (Phi) is 18.3. The second-order valence-electron chi connectivity index (χ2n) is 17.8. The average molecular weight is 903 g/mol. The second kappa shape index (κ2) is 22.2. The third kappa shape index (κ3) is 14.4. The van der Waals surface area contributed by atoms with Crippen LogP contribution in [-0.2, 0) is 33.3 Å². The summed E-state index contributed by atoms with van der Waals surface area (Å²) in [6.45, 7) is 12.5. The van der Waals surface area contributed by atoms with E-state index < -0.39 is 45.0 Å². The molecular formula is C48H62Cl3NO7S. The molecule has 4 rings (SSSR count). The van der Waals surface area contributed by atoms with Crippen LogP contribution in [0.2, 0.25) is 0 Å². The molecule has 1 aliphatic carbocycles. The summed E-state index contributed by atoms with van der Waals surface area (Å²) in [7, 11) is 0. The first-order valence-electron chi connectivity index (χ1n) is 20.9. The van der Waals surface area contributed by atoms with Gasteiger partial charge in [0.05, 0.1) is 16.1 Å². The van der Waals surface area contributed by atoms with Crippen molar-refractivity contribution in [1.82, 2.24) is 5.32 Å². The van der Waals surface area contributed by atoms with Crippen LogP contribution in [0.25, 0.3) is 0 Å². The molecule has 1 N–H and O–H groups in total. The fraction of sp³-hybridized carbons (Fsp3) is 0.542. The first-order valence-corrected chi connectivity index (χ1v) is 23.1. The van der Waals surface area contributed by atoms with Crippen LogP contribution >= 0.6 is 46.6 Å². The number of carbonyl (C=O) groups excluding carboxylic acids is 4. The molecule has 3 aromatic rings. The van der Waals surface area contributed by atoms with Crippen molar-refractivity contribution in [1.29, 1.82) is 0 Å². The van der Waals surface area contributed by atoms with Crippen molar-refractivity contribution in [2.75, 3.05) is 12.4 Å². The molecule has 0 aliphatic heterocycles. The van der Waals surface area contributed by atoms with E-state index >= 15 is 0 Å². The van der Waals surface area contributed by atoms with Crippen molar-refractivity contribution < 1.29 is 33.4 Å². The summed E-state index contributed by atoms with van der Waals surface area (Å²) in [6, 6.07) is 30.4. The first kappa shape index (κ1) is 49.4. The van der Waals surface area contributed by atoms with Crippen LogP contribution in [0, 0.1) is 22.7 Å². The highest BCUT2D eigenvalue weighted by atomic mass is 35.6. The number of ether oxygens (including phenoxy) is 3. The van der Waals surface area contributed by atoms with Gasteiger partial charge in [-0.25, -0.2) is 4.79 Å². The Hall–Kier alpha value is -3.24. The van der Waals surface area contributed by atoms with E-state index in [1.165, 1.54) is 0 Å². The molecule has 0 radical (unpaired) electrons. The third-order valence-corrected chi connectivity index (χ3v) is 13.4. The number of hydrogen-bond acceptors (Lipinski definition) is 8. The summed E-state index contributed by atoms with van der Waals surface area (Å²) in [6.07, 6.45) is 2.57. The van der Waals surface area contributed by atoms with Crippen LogP contribution in [-0.4, -0.2) is 58.2 Å². The maximum Gasteiger partial charge on any atom is 0.508 e. The number of rotatable bonds is 20. The Morgan fingerprint density at radius 2 is 1.23 bits per heavy atom. The van der Waals surface area contributed by atoms with Crippen LogP contribution in [0.4, 0.5) is 4.79 Å². The molecule has 1 aliphatic rings. The molecule has 0 aromatic heterocycles. The summed E-state index contributed by atoms with van der Waals surface area (Å²) in [5.41, 5.74) is 1.54. The number of alkyl halides is 3. The van der Waals surface area contributed by atoms with Gasteiger partial charge in [0, 0.05) is 18.2 Å². The van der Waals surface area contributed by atoms with Gasteiger partial charge in [0.1, 0.15) is 24.6 Å². The highest BCUT2D eigenvalue weighted by Gasteiger charge is 2.44. The normalized spacial score (nSPS) is 16.0. The van der Waals surface area contributed by atoms with Gasteiger partial charge in [0.25, 0.3) is 0 Å². The number of ketones is 1. The van der Waals surface area contributed by atoms with E-state index in [-0.39, 0.29) is 47.8 Å². The number of Topliss-reactive ketones (excluding diaryl/α,β-unsaturated/α-hetero) is 1. The van der Waals surface area contributed by atoms with Crippen molar-refractivity contribution in [3.63, 3.8) is 0 Å². The Bertz CT molecular complexity index is 1730. The predicted octanol–water partition coefficient (Wildman–Crippen LogP) is 12.0. The monoisotopic (exact) mass is 901 g/mol. The lowest BCUT2D eigenvalue weighted by molar-refractivity contribution is -0.161. The number of amides is 1. The van der Waals surface area contributed by atoms with Gasteiger partial charge in [-0.1, -0.05) is 166 Å². The lowest BCUT2D eigenvalue weighted by Gasteiger charge is -2.38. The van der Waals surface area contributed by atoms with Gasteiger partial charge >= 0.3 is 12.1 Å². The van der Waals surface area contributed by atoms with E-state index in [1.54, 1.807) is 32.5 Å². The zero-order valence-electron chi connectivity index (χ0n) is 36.0. The van der Waals surface area contributed by atoms with Crippen LogP contribution < -0.4 is 5.32 Å². The van der Waals surface area contributed by atoms with Crippen LogP contribution in [0.15, 0.2) is 91.0 Å². The van der Waals surface area contributed by atoms with Crippen molar-refractivity contribution in [3.05, 3.63) is 108 Å². The molecule has 1 saturated carbocycles. The molecule has 3 aromatic carbocycles. The van der Waals surface area contributed by atoms with Gasteiger partial charge in [-0.05, 0) is 80.9 Å². The van der Waals surface area contributed by atoms with E-state index in [1.807, 2.05) is 82.3 Å². The topological polar surface area (TPSA) is 108 Å². The number of benzene rings is 3. The minimum atomic E-state index is -1.87. The average Bonchev–Trinajstić information content (AvgIpc) is 3.75. The fourth-order valence-electron chi connectivity index (χ4n) is 7.67. The molecule has 60 heavy (non-hydrogen) atoms. The lowest BCUT2D eigenvalue weighted by Crippen LogP contribution is -2.51. The molecule has 328 valence electrons. The van der Waals surface area contributed by atoms with E-state index in [2.05, 4.69) is 41.7 Å². The Morgan fingerprint density at radius 3 is 1.68 bits per heavy atom. The van der Waals surface area contributed by atoms with Crippen molar-refractivity contribution in [2.45, 2.75) is 127 Å². The van der Waals surface area contributed by atoms with Crippen molar-refractivity contribution >= 4 is 70.4 Å². The molecular weight excluding hydrogens is 841 g/mol. The fourth-order valence-corrected chi connectivity index (χ4v) is 9.44. The number of thioether (sulfide) groups is 1. The molecule has 1 unspecified atom stereocenters. The minimum Gasteiger partial charge on any atom is -0.462 e. The molecule has 0 bridgehead atoms. The zero-order valence-corrected chi connectivity index (χ0v) is 39.1. The minimum absolute atomic E-state index is 0.00714. The molecule has 8 nitrogen and oxygen atoms in total. The van der Waals surface area contributed by atoms with Gasteiger partial charge in [0.15, 0.2) is 0 Å². The summed E-state index contributed by atoms with van der Waals surface area (Å²) in [5, 5.41) is 3.27. The van der Waals surface area contributed by atoms with E-state index in [0.717, 1.165) is 42.4 Å². The van der Waals surface area contributed by atoms with Crippen molar-refractivity contribution in [2.24, 2.45) is 22.7 Å². The summed E-state index contributed by atoms with van der Waals surface area (Å²) < 4.78 is 14.8. The molecule has 0 spiro atoms. The second-order valence-corrected chi connectivity index (χ2v) is 21.6. The maximum absolute atomic E-state index is 14.7. The largest absolute Gasteiger partial charge is 0.508 e. The van der Waals surface area contributed by atoms with Crippen LogP contribution in [0.3, 0.4) is 0 Å². The van der Waals surface area contributed by atoms with Gasteiger partial charge in [0.2, 0.25) is 9.70 Å². The highest BCUT2D eigenvalue weighted by molar-refractivity contribution is 8.00. The summed E-state index contributed by atoms with van der Waals surface area (Å²) in [5.74, 6) is -0.353. The van der Waals surface area contributed by atoms with Crippen LogP contribution in [0.5, 0.6) is 0 Å². The predicted molar refractivity (Wildman–Crippen MR) is 243 cm³/mol. The summed E-state index contributed by atoms with van der Waals surface area (Å²) >= 11 is 19.3. The smallest absolute Gasteiger partial charge is 0.462 e. The van der Waals surface area contributed by atoms with E-state index in [0.29, 0.717) is 18.6 Å². The summed E-state index contributed by atoms with van der Waals surface area (Å²) in [4.78, 5) is 53.5. The first-order chi connectivity index (χ1) is 28.2. The lowest BCUT2D eigenvalue weighted by atomic mass is 9.77. The molecule has 4 atom stereocenters. The maximum atomic E-state index is 14.7. The third-order valence-electron chi connectivity index (χ3n) is 11.4. The Morgan fingerprint density at radius 1 is 0.750 bits per heavy atom. The number of hydrogen-bond donors (Lipinski definition) is 1.